The molecule has 0 N–H and O–H groups in total. The SMILES string of the molecule is CC(C)[C@@H]1CCN(C(C)C)CC1(F)F. The number of piperidine rings is 1. The standard InChI is InChI=1S/C11H21F2N/c1-8(2)10-5-6-14(9(3)4)7-11(10,12)13/h8-10H,5-7H2,1-4H3/t10-/m0/s1. The third-order valence-corrected chi connectivity index (χ3v) is 3.22. The summed E-state index contributed by atoms with van der Waals surface area (Å²) in [6.45, 7) is 8.49. The highest BCUT2D eigenvalue weighted by Gasteiger charge is 2.45. The van der Waals surface area contributed by atoms with Gasteiger partial charge in [0, 0.05) is 12.0 Å². The molecule has 1 rings (SSSR count). The summed E-state index contributed by atoms with van der Waals surface area (Å²) in [6, 6.07) is 0.231. The third-order valence-electron chi connectivity index (χ3n) is 3.22. The van der Waals surface area contributed by atoms with E-state index in [1.807, 2.05) is 32.6 Å². The van der Waals surface area contributed by atoms with E-state index in [1.165, 1.54) is 0 Å². The zero-order chi connectivity index (χ0) is 10.9. The Bertz CT molecular complexity index is 190. The van der Waals surface area contributed by atoms with Gasteiger partial charge < -0.3 is 0 Å². The molecule has 0 bridgehead atoms. The van der Waals surface area contributed by atoms with Gasteiger partial charge in [0.25, 0.3) is 5.92 Å². The van der Waals surface area contributed by atoms with E-state index >= 15 is 0 Å². The Morgan fingerprint density at radius 2 is 1.79 bits per heavy atom. The van der Waals surface area contributed by atoms with Crippen LogP contribution in [-0.4, -0.2) is 30.0 Å². The lowest BCUT2D eigenvalue weighted by Crippen LogP contribution is -2.52. The van der Waals surface area contributed by atoms with Gasteiger partial charge >= 0.3 is 0 Å². The molecule has 1 fully saturated rings. The van der Waals surface area contributed by atoms with E-state index in [0.29, 0.717) is 6.42 Å². The van der Waals surface area contributed by atoms with E-state index < -0.39 is 11.8 Å². The first kappa shape index (κ1) is 11.9. The number of likely N-dealkylation sites (tertiary alicyclic amines) is 1. The second-order valence-corrected chi connectivity index (χ2v) is 4.96. The van der Waals surface area contributed by atoms with Crippen LogP contribution < -0.4 is 0 Å². The first-order valence-corrected chi connectivity index (χ1v) is 5.46. The van der Waals surface area contributed by atoms with Gasteiger partial charge in [0.2, 0.25) is 0 Å². The van der Waals surface area contributed by atoms with Crippen molar-refractivity contribution in [3.05, 3.63) is 0 Å². The Balaban J connectivity index is 2.65. The van der Waals surface area contributed by atoms with E-state index in [-0.39, 0.29) is 18.5 Å². The fourth-order valence-electron chi connectivity index (χ4n) is 2.24. The van der Waals surface area contributed by atoms with Crippen molar-refractivity contribution in [1.29, 1.82) is 0 Å². The Morgan fingerprint density at radius 1 is 1.21 bits per heavy atom. The summed E-state index contributed by atoms with van der Waals surface area (Å²) >= 11 is 0. The van der Waals surface area contributed by atoms with Crippen LogP contribution in [0.2, 0.25) is 0 Å². The first-order chi connectivity index (χ1) is 6.34. The molecule has 84 valence electrons. The van der Waals surface area contributed by atoms with Gasteiger partial charge in [0.1, 0.15) is 0 Å². The quantitative estimate of drug-likeness (QED) is 0.670. The minimum atomic E-state index is -2.50. The summed E-state index contributed by atoms with van der Waals surface area (Å²) in [7, 11) is 0. The molecule has 0 saturated carbocycles. The molecule has 3 heteroatoms. The topological polar surface area (TPSA) is 3.24 Å². The average Bonchev–Trinajstić information content (AvgIpc) is 2.01. The molecule has 0 aromatic rings. The highest BCUT2D eigenvalue weighted by atomic mass is 19.3. The average molecular weight is 205 g/mol. The molecule has 1 aliphatic rings. The van der Waals surface area contributed by atoms with Gasteiger partial charge in [0.15, 0.2) is 0 Å². The lowest BCUT2D eigenvalue weighted by molar-refractivity contribution is -0.130. The second-order valence-electron chi connectivity index (χ2n) is 4.96. The lowest BCUT2D eigenvalue weighted by Gasteiger charge is -2.41. The Morgan fingerprint density at radius 3 is 2.14 bits per heavy atom. The molecule has 0 aliphatic carbocycles. The van der Waals surface area contributed by atoms with Crippen LogP contribution in [-0.2, 0) is 0 Å². The zero-order valence-electron chi connectivity index (χ0n) is 9.56. The van der Waals surface area contributed by atoms with Crippen molar-refractivity contribution in [2.24, 2.45) is 11.8 Å². The van der Waals surface area contributed by atoms with E-state index in [9.17, 15) is 8.78 Å². The minimum absolute atomic E-state index is 0.0620. The molecular formula is C11H21F2N. The lowest BCUT2D eigenvalue weighted by atomic mass is 9.83. The van der Waals surface area contributed by atoms with Gasteiger partial charge in [-0.15, -0.1) is 0 Å². The molecule has 1 heterocycles. The van der Waals surface area contributed by atoms with Crippen molar-refractivity contribution >= 4 is 0 Å². The van der Waals surface area contributed by atoms with Gasteiger partial charge in [-0.05, 0) is 32.7 Å². The molecule has 0 spiro atoms. The highest BCUT2D eigenvalue weighted by molar-refractivity contribution is 4.89. The van der Waals surface area contributed by atoms with Gasteiger partial charge in [0.05, 0.1) is 6.54 Å². The van der Waals surface area contributed by atoms with Crippen molar-refractivity contribution in [3.8, 4) is 0 Å². The van der Waals surface area contributed by atoms with E-state index in [1.54, 1.807) is 0 Å². The van der Waals surface area contributed by atoms with Crippen LogP contribution in [0.15, 0.2) is 0 Å². The summed E-state index contributed by atoms with van der Waals surface area (Å²) in [4.78, 5) is 1.87. The molecule has 0 unspecified atom stereocenters. The maximum atomic E-state index is 13.7. The van der Waals surface area contributed by atoms with Gasteiger partial charge in [-0.3, -0.25) is 4.90 Å². The number of hydrogen-bond donors (Lipinski definition) is 0. The van der Waals surface area contributed by atoms with Crippen LogP contribution in [0.4, 0.5) is 8.78 Å². The highest BCUT2D eigenvalue weighted by Crippen LogP contribution is 2.37. The predicted molar refractivity (Wildman–Crippen MR) is 54.6 cm³/mol. The molecule has 1 nitrogen and oxygen atoms in total. The molecule has 0 radical (unpaired) electrons. The van der Waals surface area contributed by atoms with E-state index in [4.69, 9.17) is 0 Å². The van der Waals surface area contributed by atoms with Crippen molar-refractivity contribution in [3.63, 3.8) is 0 Å². The van der Waals surface area contributed by atoms with Crippen molar-refractivity contribution in [1.82, 2.24) is 4.90 Å². The molecule has 1 saturated heterocycles. The fourth-order valence-corrected chi connectivity index (χ4v) is 2.24. The molecule has 1 atom stereocenters. The van der Waals surface area contributed by atoms with Crippen molar-refractivity contribution < 1.29 is 8.78 Å². The van der Waals surface area contributed by atoms with Crippen molar-refractivity contribution in [2.45, 2.75) is 46.1 Å². The van der Waals surface area contributed by atoms with E-state index in [0.717, 1.165) is 6.54 Å². The molecule has 0 amide bonds. The number of hydrogen-bond acceptors (Lipinski definition) is 1. The Labute approximate surface area is 85.5 Å². The normalized spacial score (nSPS) is 28.7. The fraction of sp³-hybridized carbons (Fsp3) is 1.00. The first-order valence-electron chi connectivity index (χ1n) is 5.46. The van der Waals surface area contributed by atoms with Crippen LogP contribution in [0.1, 0.15) is 34.1 Å². The van der Waals surface area contributed by atoms with Gasteiger partial charge in [-0.1, -0.05) is 13.8 Å². The largest absolute Gasteiger partial charge is 0.295 e. The molecular weight excluding hydrogens is 184 g/mol. The molecule has 0 aromatic heterocycles. The maximum Gasteiger partial charge on any atom is 0.263 e. The van der Waals surface area contributed by atoms with Crippen LogP contribution >= 0.6 is 0 Å². The molecule has 0 aromatic carbocycles. The van der Waals surface area contributed by atoms with Crippen LogP contribution in [0.3, 0.4) is 0 Å². The number of alkyl halides is 2. The number of halogens is 2. The van der Waals surface area contributed by atoms with Crippen molar-refractivity contribution in [2.75, 3.05) is 13.1 Å². The summed E-state index contributed by atoms with van der Waals surface area (Å²) in [5.74, 6) is -2.85. The molecule has 14 heavy (non-hydrogen) atoms. The minimum Gasteiger partial charge on any atom is -0.295 e. The van der Waals surface area contributed by atoms with Crippen LogP contribution in [0, 0.1) is 11.8 Å². The predicted octanol–water partition coefficient (Wildman–Crippen LogP) is 3.01. The Kier molecular flexibility index (Phi) is 3.51. The number of nitrogens with zero attached hydrogens (tertiary/aromatic N) is 1. The Hall–Kier alpha value is -0.180. The summed E-state index contributed by atoms with van der Waals surface area (Å²) in [5, 5.41) is 0. The third kappa shape index (κ3) is 2.44. The zero-order valence-corrected chi connectivity index (χ0v) is 9.56. The van der Waals surface area contributed by atoms with Crippen LogP contribution in [0.25, 0.3) is 0 Å². The monoisotopic (exact) mass is 205 g/mol. The summed E-state index contributed by atoms with van der Waals surface area (Å²) in [5.41, 5.74) is 0. The second kappa shape index (κ2) is 4.13. The molecule has 1 aliphatic heterocycles. The smallest absolute Gasteiger partial charge is 0.263 e. The summed E-state index contributed by atoms with van der Waals surface area (Å²) < 4.78 is 27.4. The van der Waals surface area contributed by atoms with Gasteiger partial charge in [-0.25, -0.2) is 8.78 Å². The van der Waals surface area contributed by atoms with Crippen LogP contribution in [0.5, 0.6) is 0 Å². The van der Waals surface area contributed by atoms with E-state index in [2.05, 4.69) is 0 Å². The maximum absolute atomic E-state index is 13.7. The summed E-state index contributed by atoms with van der Waals surface area (Å²) in [6.07, 6.45) is 0.628. The number of rotatable bonds is 2. The van der Waals surface area contributed by atoms with Gasteiger partial charge in [-0.2, -0.15) is 0 Å².